The first-order valence-corrected chi connectivity index (χ1v) is 6.94. The second kappa shape index (κ2) is 6.68. The summed E-state index contributed by atoms with van der Waals surface area (Å²) in [5.41, 5.74) is 4.54. The Hall–Kier alpha value is -0.980. The van der Waals surface area contributed by atoms with Crippen molar-refractivity contribution in [3.8, 4) is 0 Å². The van der Waals surface area contributed by atoms with Gasteiger partial charge in [-0.15, -0.1) is 0 Å². The van der Waals surface area contributed by atoms with Crippen LogP contribution in [-0.2, 0) is 6.42 Å². The van der Waals surface area contributed by atoms with E-state index in [9.17, 15) is 0 Å². The molecular weight excluding hydrogens is 206 g/mol. The normalized spacial score (nSPS) is 10.9. The van der Waals surface area contributed by atoms with Crippen molar-refractivity contribution in [3.05, 3.63) is 29.3 Å². The van der Waals surface area contributed by atoms with Crippen molar-refractivity contribution in [1.29, 1.82) is 0 Å². The molecule has 1 aromatic rings. The van der Waals surface area contributed by atoms with E-state index < -0.39 is 0 Å². The van der Waals surface area contributed by atoms with Crippen LogP contribution in [0.15, 0.2) is 18.2 Å². The fraction of sp³-hybridized carbons (Fsp3) is 0.625. The highest BCUT2D eigenvalue weighted by Gasteiger charge is 2.15. The Labute approximate surface area is 107 Å². The molecule has 1 aromatic carbocycles. The van der Waals surface area contributed by atoms with Gasteiger partial charge in [-0.2, -0.15) is 0 Å². The molecule has 0 aromatic heterocycles. The van der Waals surface area contributed by atoms with Gasteiger partial charge in [0.05, 0.1) is 0 Å². The molecule has 1 nitrogen and oxygen atoms in total. The van der Waals surface area contributed by atoms with Crippen molar-refractivity contribution in [2.24, 2.45) is 0 Å². The van der Waals surface area contributed by atoms with Crippen LogP contribution in [0.2, 0.25) is 0 Å². The van der Waals surface area contributed by atoms with Crippen LogP contribution in [0.25, 0.3) is 0 Å². The zero-order valence-electron chi connectivity index (χ0n) is 12.1. The predicted molar refractivity (Wildman–Crippen MR) is 78.1 cm³/mol. The number of hydrogen-bond acceptors (Lipinski definition) is 1. The van der Waals surface area contributed by atoms with Crippen LogP contribution in [0.5, 0.6) is 0 Å². The van der Waals surface area contributed by atoms with Crippen LogP contribution < -0.4 is 4.90 Å². The lowest BCUT2D eigenvalue weighted by molar-refractivity contribution is 0.633. The standard InChI is InChI=1S/C16H27N/c1-6-10-15-14(13(7-2)8-3)11-9-12-16(15)17(4)5/h9,11-13H,6-8,10H2,1-5H3. The molecule has 0 aliphatic carbocycles. The minimum Gasteiger partial charge on any atom is -0.377 e. The number of rotatable bonds is 6. The maximum atomic E-state index is 2.33. The fourth-order valence-electron chi connectivity index (χ4n) is 2.64. The Kier molecular flexibility index (Phi) is 5.54. The molecule has 0 amide bonds. The average Bonchev–Trinajstić information content (AvgIpc) is 2.32. The molecule has 0 aliphatic rings. The zero-order chi connectivity index (χ0) is 12.8. The van der Waals surface area contributed by atoms with Gasteiger partial charge in [-0.25, -0.2) is 0 Å². The predicted octanol–water partition coefficient (Wildman–Crippen LogP) is 4.61. The zero-order valence-corrected chi connectivity index (χ0v) is 12.1. The quantitative estimate of drug-likeness (QED) is 0.693. The summed E-state index contributed by atoms with van der Waals surface area (Å²) < 4.78 is 0. The van der Waals surface area contributed by atoms with Gasteiger partial charge in [-0.1, -0.05) is 39.3 Å². The summed E-state index contributed by atoms with van der Waals surface area (Å²) in [5.74, 6) is 0.719. The molecule has 0 heterocycles. The first-order valence-electron chi connectivity index (χ1n) is 6.94. The summed E-state index contributed by atoms with van der Waals surface area (Å²) in [5, 5.41) is 0. The van der Waals surface area contributed by atoms with Gasteiger partial charge < -0.3 is 4.90 Å². The van der Waals surface area contributed by atoms with E-state index in [4.69, 9.17) is 0 Å². The monoisotopic (exact) mass is 233 g/mol. The van der Waals surface area contributed by atoms with E-state index in [1.54, 1.807) is 11.1 Å². The first-order chi connectivity index (χ1) is 8.15. The molecule has 1 rings (SSSR count). The van der Waals surface area contributed by atoms with Crippen LogP contribution in [0.3, 0.4) is 0 Å². The van der Waals surface area contributed by atoms with Gasteiger partial charge in [-0.3, -0.25) is 0 Å². The lowest BCUT2D eigenvalue weighted by Crippen LogP contribution is -2.13. The van der Waals surface area contributed by atoms with Crippen LogP contribution >= 0.6 is 0 Å². The van der Waals surface area contributed by atoms with E-state index >= 15 is 0 Å². The van der Waals surface area contributed by atoms with Crippen molar-refractivity contribution < 1.29 is 0 Å². The van der Waals surface area contributed by atoms with Gasteiger partial charge in [0, 0.05) is 19.8 Å². The number of nitrogens with zero attached hydrogens (tertiary/aromatic N) is 1. The molecule has 0 saturated heterocycles. The Balaban J connectivity index is 3.23. The van der Waals surface area contributed by atoms with Crippen molar-refractivity contribution >= 4 is 5.69 Å². The van der Waals surface area contributed by atoms with Gasteiger partial charge in [0.15, 0.2) is 0 Å². The number of benzene rings is 1. The second-order valence-electron chi connectivity index (χ2n) is 5.00. The highest BCUT2D eigenvalue weighted by atomic mass is 15.1. The highest BCUT2D eigenvalue weighted by Crippen LogP contribution is 2.32. The maximum absolute atomic E-state index is 2.33. The minimum absolute atomic E-state index is 0.719. The summed E-state index contributed by atoms with van der Waals surface area (Å²) in [7, 11) is 4.29. The van der Waals surface area contributed by atoms with E-state index in [1.165, 1.54) is 31.4 Å². The summed E-state index contributed by atoms with van der Waals surface area (Å²) in [6.07, 6.45) is 4.90. The maximum Gasteiger partial charge on any atom is 0.0396 e. The number of hydrogen-bond donors (Lipinski definition) is 0. The molecule has 0 unspecified atom stereocenters. The molecule has 1 heteroatoms. The highest BCUT2D eigenvalue weighted by molar-refractivity contribution is 5.56. The smallest absolute Gasteiger partial charge is 0.0396 e. The molecule has 96 valence electrons. The molecule has 0 radical (unpaired) electrons. The van der Waals surface area contributed by atoms with E-state index in [0.717, 1.165) is 5.92 Å². The Morgan fingerprint density at radius 3 is 2.18 bits per heavy atom. The molecule has 0 bridgehead atoms. The third-order valence-corrected chi connectivity index (χ3v) is 3.59. The van der Waals surface area contributed by atoms with Gasteiger partial charge in [0.1, 0.15) is 0 Å². The van der Waals surface area contributed by atoms with Gasteiger partial charge in [0.2, 0.25) is 0 Å². The molecular formula is C16H27N. The van der Waals surface area contributed by atoms with Crippen molar-refractivity contribution in [2.45, 2.75) is 52.4 Å². The first kappa shape index (κ1) is 14.1. The molecule has 17 heavy (non-hydrogen) atoms. The Morgan fingerprint density at radius 1 is 1.06 bits per heavy atom. The topological polar surface area (TPSA) is 3.24 Å². The van der Waals surface area contributed by atoms with Crippen LogP contribution in [0.1, 0.15) is 57.1 Å². The van der Waals surface area contributed by atoms with Gasteiger partial charge in [0.25, 0.3) is 0 Å². The largest absolute Gasteiger partial charge is 0.377 e. The lowest BCUT2D eigenvalue weighted by atomic mass is 9.87. The third kappa shape index (κ3) is 3.24. The summed E-state index contributed by atoms with van der Waals surface area (Å²) in [6, 6.07) is 6.79. The number of anilines is 1. The summed E-state index contributed by atoms with van der Waals surface area (Å²) in [6.45, 7) is 6.86. The second-order valence-corrected chi connectivity index (χ2v) is 5.00. The molecule has 0 spiro atoms. The third-order valence-electron chi connectivity index (χ3n) is 3.59. The van der Waals surface area contributed by atoms with E-state index in [-0.39, 0.29) is 0 Å². The van der Waals surface area contributed by atoms with Crippen LogP contribution in [0, 0.1) is 0 Å². The van der Waals surface area contributed by atoms with E-state index in [1.807, 2.05) is 0 Å². The Bertz CT molecular complexity index is 337. The molecule has 0 N–H and O–H groups in total. The van der Waals surface area contributed by atoms with E-state index in [2.05, 4.69) is 58.0 Å². The van der Waals surface area contributed by atoms with Gasteiger partial charge in [-0.05, 0) is 42.4 Å². The minimum atomic E-state index is 0.719. The molecule has 0 atom stereocenters. The summed E-state index contributed by atoms with van der Waals surface area (Å²) in [4.78, 5) is 2.25. The van der Waals surface area contributed by atoms with Crippen molar-refractivity contribution in [3.63, 3.8) is 0 Å². The van der Waals surface area contributed by atoms with Crippen molar-refractivity contribution in [2.75, 3.05) is 19.0 Å². The van der Waals surface area contributed by atoms with Crippen LogP contribution in [0.4, 0.5) is 5.69 Å². The molecule has 0 saturated carbocycles. The fourth-order valence-corrected chi connectivity index (χ4v) is 2.64. The Morgan fingerprint density at radius 2 is 1.71 bits per heavy atom. The average molecular weight is 233 g/mol. The molecule has 0 aliphatic heterocycles. The molecule has 0 fully saturated rings. The van der Waals surface area contributed by atoms with Crippen LogP contribution in [-0.4, -0.2) is 14.1 Å². The van der Waals surface area contributed by atoms with Gasteiger partial charge >= 0.3 is 0 Å². The lowest BCUT2D eigenvalue weighted by Gasteiger charge is -2.24. The van der Waals surface area contributed by atoms with E-state index in [0.29, 0.717) is 0 Å². The van der Waals surface area contributed by atoms with Crippen molar-refractivity contribution in [1.82, 2.24) is 0 Å². The SMILES string of the molecule is CCCc1c(C(CC)CC)cccc1N(C)C. The summed E-state index contributed by atoms with van der Waals surface area (Å²) >= 11 is 0.